The Morgan fingerprint density at radius 3 is 2.52 bits per heavy atom. The molecule has 0 saturated carbocycles. The Balaban J connectivity index is 2.04. The van der Waals surface area contributed by atoms with E-state index in [4.69, 9.17) is 4.74 Å². The lowest BCUT2D eigenvalue weighted by molar-refractivity contribution is 0.0599. The van der Waals surface area contributed by atoms with Gasteiger partial charge in [0.05, 0.1) is 24.2 Å². The summed E-state index contributed by atoms with van der Waals surface area (Å²) in [6.45, 7) is 0. The number of para-hydroxylation sites is 1. The number of ether oxygens (including phenoxy) is 1. The van der Waals surface area contributed by atoms with E-state index < -0.39 is 5.97 Å². The number of esters is 1. The van der Waals surface area contributed by atoms with Crippen LogP contribution in [0.3, 0.4) is 0 Å². The van der Waals surface area contributed by atoms with Crippen LogP contribution in [0, 0.1) is 0 Å². The molecule has 4 nitrogen and oxygen atoms in total. The molecule has 0 bridgehead atoms. The van der Waals surface area contributed by atoms with E-state index in [1.165, 1.54) is 7.11 Å². The summed E-state index contributed by atoms with van der Waals surface area (Å²) in [4.78, 5) is 24.9. The molecule has 4 rings (SSSR count). The molecule has 23 heavy (non-hydrogen) atoms. The first-order valence-corrected chi connectivity index (χ1v) is 7.51. The van der Waals surface area contributed by atoms with Gasteiger partial charge in [0.25, 0.3) is 0 Å². The molecule has 1 unspecified atom stereocenters. The van der Waals surface area contributed by atoms with Crippen molar-refractivity contribution in [2.24, 2.45) is 0 Å². The first-order valence-electron chi connectivity index (χ1n) is 7.51. The zero-order chi connectivity index (χ0) is 16.0. The van der Waals surface area contributed by atoms with Gasteiger partial charge in [0.2, 0.25) is 0 Å². The Labute approximate surface area is 133 Å². The summed E-state index contributed by atoms with van der Waals surface area (Å²) in [6.07, 6.45) is 0.369. The summed E-state index contributed by atoms with van der Waals surface area (Å²) in [6, 6.07) is 17.4. The van der Waals surface area contributed by atoms with Crippen LogP contribution < -0.4 is 0 Å². The van der Waals surface area contributed by atoms with Crippen molar-refractivity contribution in [2.75, 3.05) is 7.11 Å². The van der Waals surface area contributed by atoms with Gasteiger partial charge in [-0.2, -0.15) is 0 Å². The highest BCUT2D eigenvalue weighted by molar-refractivity contribution is 6.16. The average molecular weight is 305 g/mol. The molecule has 2 aromatic carbocycles. The van der Waals surface area contributed by atoms with Crippen molar-refractivity contribution < 1.29 is 14.3 Å². The van der Waals surface area contributed by atoms with Crippen LogP contribution in [0.2, 0.25) is 0 Å². The molecule has 1 aliphatic rings. The van der Waals surface area contributed by atoms with Crippen molar-refractivity contribution in [3.63, 3.8) is 0 Å². The number of carbonyl (C=O) groups is 2. The molecule has 0 aliphatic carbocycles. The predicted molar refractivity (Wildman–Crippen MR) is 86.8 cm³/mol. The van der Waals surface area contributed by atoms with Crippen LogP contribution in [-0.2, 0) is 4.74 Å². The summed E-state index contributed by atoms with van der Waals surface area (Å²) in [5.41, 5.74) is 2.80. The highest BCUT2D eigenvalue weighted by atomic mass is 16.5. The Bertz CT molecular complexity index is 924. The van der Waals surface area contributed by atoms with Crippen LogP contribution in [0.5, 0.6) is 0 Å². The number of nitrogens with zero attached hydrogens (tertiary/aromatic N) is 1. The standard InChI is InChI=1S/C19H15NO3/c1-23-19(22)17-13-9-5-6-10-14(13)20-15(11-16(21)18(17)20)12-7-3-2-4-8-12/h2-10,15H,11H2,1H3. The average Bonchev–Trinajstić information content (AvgIpc) is 3.11. The fraction of sp³-hybridized carbons (Fsp3) is 0.158. The molecule has 114 valence electrons. The molecule has 0 amide bonds. The van der Waals surface area contributed by atoms with Crippen molar-refractivity contribution in [3.05, 3.63) is 71.4 Å². The molecule has 3 aromatic rings. The maximum atomic E-state index is 12.6. The second kappa shape index (κ2) is 5.09. The number of ketones is 1. The molecule has 1 aromatic heterocycles. The van der Waals surface area contributed by atoms with Gasteiger partial charge < -0.3 is 9.30 Å². The molecule has 0 radical (unpaired) electrons. The quantitative estimate of drug-likeness (QED) is 0.680. The first kappa shape index (κ1) is 13.8. The van der Waals surface area contributed by atoms with Crippen LogP contribution in [0.15, 0.2) is 54.6 Å². The number of fused-ring (bicyclic) bond motifs is 3. The van der Waals surface area contributed by atoms with Crippen LogP contribution in [-0.4, -0.2) is 23.4 Å². The number of hydrogen-bond acceptors (Lipinski definition) is 3. The van der Waals surface area contributed by atoms with Crippen molar-refractivity contribution >= 4 is 22.7 Å². The second-order valence-corrected chi connectivity index (χ2v) is 5.66. The minimum atomic E-state index is -0.461. The van der Waals surface area contributed by atoms with Gasteiger partial charge in [-0.15, -0.1) is 0 Å². The number of methoxy groups -OCH3 is 1. The van der Waals surface area contributed by atoms with Gasteiger partial charge in [-0.3, -0.25) is 4.79 Å². The normalized spacial score (nSPS) is 16.6. The Kier molecular flexibility index (Phi) is 3.05. The predicted octanol–water partition coefficient (Wildman–Crippen LogP) is 3.60. The van der Waals surface area contributed by atoms with E-state index in [0.29, 0.717) is 17.7 Å². The smallest absolute Gasteiger partial charge is 0.340 e. The Morgan fingerprint density at radius 1 is 1.09 bits per heavy atom. The lowest BCUT2D eigenvalue weighted by Crippen LogP contribution is -2.07. The molecule has 0 fully saturated rings. The third-order valence-corrected chi connectivity index (χ3v) is 4.44. The Morgan fingerprint density at radius 2 is 1.78 bits per heavy atom. The van der Waals surface area contributed by atoms with Gasteiger partial charge in [-0.25, -0.2) is 4.79 Å². The molecular weight excluding hydrogens is 290 g/mol. The van der Waals surface area contributed by atoms with E-state index in [0.717, 1.165) is 16.5 Å². The van der Waals surface area contributed by atoms with E-state index in [1.54, 1.807) is 0 Å². The van der Waals surface area contributed by atoms with Crippen LogP contribution in [0.1, 0.15) is 38.9 Å². The first-order chi connectivity index (χ1) is 11.2. The SMILES string of the molecule is COC(=O)c1c2n(c3ccccc13)C(c1ccccc1)CC2=O. The van der Waals surface area contributed by atoms with Crippen LogP contribution in [0.4, 0.5) is 0 Å². The zero-order valence-corrected chi connectivity index (χ0v) is 12.7. The lowest BCUT2D eigenvalue weighted by Gasteiger charge is -2.14. The van der Waals surface area contributed by atoms with Gasteiger partial charge in [0.15, 0.2) is 5.78 Å². The molecule has 1 atom stereocenters. The van der Waals surface area contributed by atoms with Gasteiger partial charge >= 0.3 is 5.97 Å². The van der Waals surface area contributed by atoms with Crippen LogP contribution >= 0.6 is 0 Å². The highest BCUT2D eigenvalue weighted by Crippen LogP contribution is 2.40. The minimum absolute atomic E-state index is 0.0181. The monoisotopic (exact) mass is 305 g/mol. The topological polar surface area (TPSA) is 48.3 Å². The lowest BCUT2D eigenvalue weighted by atomic mass is 10.0. The third-order valence-electron chi connectivity index (χ3n) is 4.44. The number of hydrogen-bond donors (Lipinski definition) is 0. The van der Waals surface area contributed by atoms with Crippen LogP contribution in [0.25, 0.3) is 10.9 Å². The number of Topliss-reactive ketones (excluding diaryl/α,β-unsaturated/α-hetero) is 1. The van der Waals surface area contributed by atoms with E-state index >= 15 is 0 Å². The Hall–Kier alpha value is -2.88. The molecule has 4 heteroatoms. The van der Waals surface area contributed by atoms with E-state index in [-0.39, 0.29) is 11.8 Å². The minimum Gasteiger partial charge on any atom is -0.465 e. The van der Waals surface area contributed by atoms with Gasteiger partial charge in [-0.1, -0.05) is 48.5 Å². The van der Waals surface area contributed by atoms with E-state index in [2.05, 4.69) is 0 Å². The third kappa shape index (κ3) is 1.91. The van der Waals surface area contributed by atoms with Crippen molar-refractivity contribution in [1.82, 2.24) is 4.57 Å². The van der Waals surface area contributed by atoms with Gasteiger partial charge in [0.1, 0.15) is 5.69 Å². The summed E-state index contributed by atoms with van der Waals surface area (Å²) in [5, 5.41) is 0.767. The molecule has 2 heterocycles. The summed E-state index contributed by atoms with van der Waals surface area (Å²) in [5.74, 6) is -0.479. The van der Waals surface area contributed by atoms with Gasteiger partial charge in [0, 0.05) is 11.8 Å². The summed E-state index contributed by atoms with van der Waals surface area (Å²) in [7, 11) is 1.34. The van der Waals surface area contributed by atoms with Gasteiger partial charge in [-0.05, 0) is 11.6 Å². The van der Waals surface area contributed by atoms with E-state index in [9.17, 15) is 9.59 Å². The fourth-order valence-electron chi connectivity index (χ4n) is 3.48. The van der Waals surface area contributed by atoms with Crippen molar-refractivity contribution in [1.29, 1.82) is 0 Å². The van der Waals surface area contributed by atoms with Crippen molar-refractivity contribution in [3.8, 4) is 0 Å². The number of rotatable bonds is 2. The van der Waals surface area contributed by atoms with Crippen molar-refractivity contribution in [2.45, 2.75) is 12.5 Å². The summed E-state index contributed by atoms with van der Waals surface area (Å²) < 4.78 is 6.90. The number of aromatic nitrogens is 1. The second-order valence-electron chi connectivity index (χ2n) is 5.66. The molecule has 0 spiro atoms. The molecule has 1 aliphatic heterocycles. The maximum absolute atomic E-state index is 12.6. The zero-order valence-electron chi connectivity index (χ0n) is 12.7. The number of carbonyl (C=O) groups excluding carboxylic acids is 2. The largest absolute Gasteiger partial charge is 0.465 e. The number of benzene rings is 2. The molecule has 0 saturated heterocycles. The molecular formula is C19H15NO3. The highest BCUT2D eigenvalue weighted by Gasteiger charge is 2.37. The molecule has 0 N–H and O–H groups in total. The maximum Gasteiger partial charge on any atom is 0.340 e. The summed E-state index contributed by atoms with van der Waals surface area (Å²) >= 11 is 0. The van der Waals surface area contributed by atoms with E-state index in [1.807, 2.05) is 59.2 Å². The fourth-order valence-corrected chi connectivity index (χ4v) is 3.48.